The van der Waals surface area contributed by atoms with E-state index in [2.05, 4.69) is 5.32 Å². The normalized spacial score (nSPS) is 10.2. The van der Waals surface area contributed by atoms with Crippen molar-refractivity contribution in [2.24, 2.45) is 0 Å². The highest BCUT2D eigenvalue weighted by Crippen LogP contribution is 2.21. The van der Waals surface area contributed by atoms with E-state index < -0.39 is 17.5 Å². The Morgan fingerprint density at radius 1 is 1.19 bits per heavy atom. The number of nitrogens with two attached hydrogens (primary N) is 1. The van der Waals surface area contributed by atoms with Crippen LogP contribution in [0.25, 0.3) is 0 Å². The Balaban J connectivity index is 1.96. The lowest BCUT2D eigenvalue weighted by Gasteiger charge is -2.09. The molecule has 0 aliphatic heterocycles. The van der Waals surface area contributed by atoms with E-state index in [1.807, 2.05) is 0 Å². The number of benzene rings is 2. The van der Waals surface area contributed by atoms with Gasteiger partial charge in [0.05, 0.1) is 11.4 Å². The van der Waals surface area contributed by atoms with Crippen molar-refractivity contribution in [3.8, 4) is 5.75 Å². The van der Waals surface area contributed by atoms with Crippen molar-refractivity contribution in [3.05, 3.63) is 53.1 Å². The molecule has 4 nitrogen and oxygen atoms in total. The Morgan fingerprint density at radius 2 is 1.86 bits per heavy atom. The summed E-state index contributed by atoms with van der Waals surface area (Å²) in [6.07, 6.45) is 0. The predicted molar refractivity (Wildman–Crippen MR) is 76.3 cm³/mol. The van der Waals surface area contributed by atoms with Crippen molar-refractivity contribution in [2.45, 2.75) is 0 Å². The molecule has 0 spiro atoms. The van der Waals surface area contributed by atoms with Gasteiger partial charge in [-0.15, -0.1) is 0 Å². The van der Waals surface area contributed by atoms with Crippen LogP contribution < -0.4 is 15.8 Å². The fourth-order valence-corrected chi connectivity index (χ4v) is 1.65. The van der Waals surface area contributed by atoms with E-state index in [1.165, 1.54) is 0 Å². The lowest BCUT2D eigenvalue weighted by molar-refractivity contribution is -0.118. The fourth-order valence-electron chi connectivity index (χ4n) is 1.53. The predicted octanol–water partition coefficient (Wildman–Crippen LogP) is 3.22. The molecule has 2 rings (SSSR count). The van der Waals surface area contributed by atoms with Crippen LogP contribution in [-0.2, 0) is 4.79 Å². The molecule has 0 aromatic heterocycles. The number of carbonyl (C=O) groups is 1. The molecule has 0 aliphatic rings. The van der Waals surface area contributed by atoms with Crippen LogP contribution in [0.2, 0.25) is 5.02 Å². The first-order valence-electron chi connectivity index (χ1n) is 5.88. The zero-order valence-corrected chi connectivity index (χ0v) is 11.5. The van der Waals surface area contributed by atoms with Crippen LogP contribution in [0.3, 0.4) is 0 Å². The van der Waals surface area contributed by atoms with Gasteiger partial charge in [0.1, 0.15) is 17.4 Å². The number of carbonyl (C=O) groups excluding carboxylic acids is 1. The van der Waals surface area contributed by atoms with Gasteiger partial charge in [0.2, 0.25) is 0 Å². The molecule has 2 aromatic rings. The van der Waals surface area contributed by atoms with Gasteiger partial charge in [-0.2, -0.15) is 0 Å². The summed E-state index contributed by atoms with van der Waals surface area (Å²) in [6, 6.07) is 8.00. The Kier molecular flexibility index (Phi) is 4.59. The molecule has 0 saturated heterocycles. The Bertz CT molecular complexity index is 663. The summed E-state index contributed by atoms with van der Waals surface area (Å²) in [5, 5.41) is 2.79. The van der Waals surface area contributed by atoms with Crippen LogP contribution in [0.4, 0.5) is 20.2 Å². The summed E-state index contributed by atoms with van der Waals surface area (Å²) >= 11 is 5.71. The monoisotopic (exact) mass is 312 g/mol. The number of nitrogen functional groups attached to an aromatic ring is 1. The maximum Gasteiger partial charge on any atom is 0.262 e. The minimum atomic E-state index is -0.915. The molecule has 0 radical (unpaired) electrons. The van der Waals surface area contributed by atoms with Crippen LogP contribution in [0.5, 0.6) is 5.75 Å². The van der Waals surface area contributed by atoms with Gasteiger partial charge in [-0.1, -0.05) is 11.6 Å². The molecule has 0 unspecified atom stereocenters. The molecule has 0 heterocycles. The van der Waals surface area contributed by atoms with Crippen molar-refractivity contribution in [3.63, 3.8) is 0 Å². The van der Waals surface area contributed by atoms with E-state index >= 15 is 0 Å². The van der Waals surface area contributed by atoms with Gasteiger partial charge in [0, 0.05) is 11.1 Å². The molecule has 0 saturated carbocycles. The third-order valence-electron chi connectivity index (χ3n) is 2.54. The SMILES string of the molecule is Nc1cc(NC(=O)COc2ccc(Cl)cc2)c(F)cc1F. The molecular weight excluding hydrogens is 302 g/mol. The number of ether oxygens (including phenoxy) is 1. The second-order valence-corrected chi connectivity index (χ2v) is 4.58. The van der Waals surface area contributed by atoms with E-state index in [9.17, 15) is 13.6 Å². The Labute approximate surface area is 124 Å². The van der Waals surface area contributed by atoms with Crippen LogP contribution in [0.15, 0.2) is 36.4 Å². The second-order valence-electron chi connectivity index (χ2n) is 4.14. The molecule has 7 heteroatoms. The maximum atomic E-state index is 13.4. The minimum absolute atomic E-state index is 0.210. The first kappa shape index (κ1) is 15.1. The lowest BCUT2D eigenvalue weighted by atomic mass is 10.2. The molecule has 0 fully saturated rings. The van der Waals surface area contributed by atoms with Crippen LogP contribution >= 0.6 is 11.6 Å². The first-order valence-corrected chi connectivity index (χ1v) is 6.26. The highest BCUT2D eigenvalue weighted by atomic mass is 35.5. The molecule has 0 aliphatic carbocycles. The molecule has 2 aromatic carbocycles. The molecule has 3 N–H and O–H groups in total. The van der Waals surface area contributed by atoms with E-state index in [4.69, 9.17) is 22.1 Å². The maximum absolute atomic E-state index is 13.4. The fraction of sp³-hybridized carbons (Fsp3) is 0.0714. The number of rotatable bonds is 4. The van der Waals surface area contributed by atoms with Gasteiger partial charge in [0.15, 0.2) is 6.61 Å². The average Bonchev–Trinajstić information content (AvgIpc) is 2.44. The zero-order valence-electron chi connectivity index (χ0n) is 10.7. The number of hydrogen-bond donors (Lipinski definition) is 2. The Hall–Kier alpha value is -2.34. The van der Waals surface area contributed by atoms with Crippen molar-refractivity contribution in [1.29, 1.82) is 0 Å². The molecule has 0 bridgehead atoms. The molecule has 21 heavy (non-hydrogen) atoms. The summed E-state index contributed by atoms with van der Waals surface area (Å²) in [7, 11) is 0. The molecule has 1 amide bonds. The molecule has 110 valence electrons. The summed E-state index contributed by atoms with van der Waals surface area (Å²) in [4.78, 5) is 11.6. The quantitative estimate of drug-likeness (QED) is 0.852. The van der Waals surface area contributed by atoms with Crippen molar-refractivity contribution >= 4 is 28.9 Å². The summed E-state index contributed by atoms with van der Waals surface area (Å²) in [5.41, 5.74) is 4.84. The summed E-state index contributed by atoms with van der Waals surface area (Å²) in [6.45, 7) is -0.335. The average molecular weight is 313 g/mol. The van der Waals surface area contributed by atoms with Crippen molar-refractivity contribution in [1.82, 2.24) is 0 Å². The third-order valence-corrected chi connectivity index (χ3v) is 2.80. The smallest absolute Gasteiger partial charge is 0.262 e. The highest BCUT2D eigenvalue weighted by molar-refractivity contribution is 6.30. The van der Waals surface area contributed by atoms with E-state index in [-0.39, 0.29) is 18.0 Å². The minimum Gasteiger partial charge on any atom is -0.484 e. The molecule has 0 atom stereocenters. The summed E-state index contributed by atoms with van der Waals surface area (Å²) in [5.74, 6) is -1.96. The molecular formula is C14H11ClF2N2O2. The van der Waals surface area contributed by atoms with Gasteiger partial charge in [-0.25, -0.2) is 8.78 Å². The van der Waals surface area contributed by atoms with E-state index in [1.54, 1.807) is 24.3 Å². The number of hydrogen-bond acceptors (Lipinski definition) is 3. The lowest BCUT2D eigenvalue weighted by Crippen LogP contribution is -2.21. The van der Waals surface area contributed by atoms with Gasteiger partial charge in [0.25, 0.3) is 5.91 Å². The van der Waals surface area contributed by atoms with E-state index in [0.29, 0.717) is 16.8 Å². The zero-order chi connectivity index (χ0) is 15.4. The van der Waals surface area contributed by atoms with Crippen molar-refractivity contribution < 1.29 is 18.3 Å². The standard InChI is InChI=1S/C14H11ClF2N2O2/c15-8-1-3-9(4-2-8)21-7-14(20)19-13-6-12(18)10(16)5-11(13)17/h1-6H,7,18H2,(H,19,20). The van der Waals surface area contributed by atoms with Gasteiger partial charge >= 0.3 is 0 Å². The van der Waals surface area contributed by atoms with Crippen LogP contribution in [0.1, 0.15) is 0 Å². The highest BCUT2D eigenvalue weighted by Gasteiger charge is 2.11. The van der Waals surface area contributed by atoms with Crippen molar-refractivity contribution in [2.75, 3.05) is 17.7 Å². The summed E-state index contributed by atoms with van der Waals surface area (Å²) < 4.78 is 31.6. The largest absolute Gasteiger partial charge is 0.484 e. The van der Waals surface area contributed by atoms with Gasteiger partial charge in [-0.3, -0.25) is 4.79 Å². The number of amides is 1. The topological polar surface area (TPSA) is 64.3 Å². The first-order chi connectivity index (χ1) is 9.95. The van der Waals surface area contributed by atoms with Crippen LogP contribution in [0, 0.1) is 11.6 Å². The number of anilines is 2. The Morgan fingerprint density at radius 3 is 2.52 bits per heavy atom. The van der Waals surface area contributed by atoms with E-state index in [0.717, 1.165) is 6.07 Å². The second kappa shape index (κ2) is 6.41. The number of nitrogens with one attached hydrogen (secondary N) is 1. The van der Waals surface area contributed by atoms with Gasteiger partial charge in [-0.05, 0) is 30.3 Å². The van der Waals surface area contributed by atoms with Crippen LogP contribution in [-0.4, -0.2) is 12.5 Å². The third kappa shape index (κ3) is 4.06. The van der Waals surface area contributed by atoms with Gasteiger partial charge < -0.3 is 15.8 Å². The number of halogens is 3.